The Labute approximate surface area is 179 Å². The Kier molecular flexibility index (Phi) is 7.08. The molecule has 0 spiro atoms. The minimum atomic E-state index is -0.270. The molecule has 4 nitrogen and oxygen atoms in total. The average Bonchev–Trinajstić information content (AvgIpc) is 3.59. The summed E-state index contributed by atoms with van der Waals surface area (Å²) >= 11 is 0. The second-order valence-corrected chi connectivity index (χ2v) is 9.09. The maximum absolute atomic E-state index is 14.9. The highest BCUT2D eigenvalue weighted by molar-refractivity contribution is 5.83. The van der Waals surface area contributed by atoms with Gasteiger partial charge in [-0.3, -0.25) is 9.69 Å². The molecule has 0 bridgehead atoms. The van der Waals surface area contributed by atoms with Crippen LogP contribution in [0.5, 0.6) is 0 Å². The molecule has 5 heteroatoms. The number of rotatable bonds is 10. The third-order valence-electron chi connectivity index (χ3n) is 6.73. The lowest BCUT2D eigenvalue weighted by Crippen LogP contribution is -2.47. The fourth-order valence-electron chi connectivity index (χ4n) is 4.70. The first-order chi connectivity index (χ1) is 14.7. The minimum Gasteiger partial charge on any atom is -0.367 e. The van der Waals surface area contributed by atoms with Gasteiger partial charge in [0, 0.05) is 49.9 Å². The number of benzene rings is 1. The van der Waals surface area contributed by atoms with E-state index in [0.29, 0.717) is 17.1 Å². The van der Waals surface area contributed by atoms with E-state index in [2.05, 4.69) is 21.3 Å². The van der Waals surface area contributed by atoms with Crippen LogP contribution in [0.25, 0.3) is 10.9 Å². The number of halogens is 1. The number of aromatic nitrogens is 1. The second kappa shape index (κ2) is 9.95. The summed E-state index contributed by atoms with van der Waals surface area (Å²) in [6, 6.07) is 5.40. The van der Waals surface area contributed by atoms with Gasteiger partial charge in [0.2, 0.25) is 0 Å². The highest BCUT2D eigenvalue weighted by Gasteiger charge is 2.26. The van der Waals surface area contributed by atoms with Gasteiger partial charge in [0.25, 0.3) is 0 Å². The van der Waals surface area contributed by atoms with Gasteiger partial charge in [0.05, 0.1) is 11.2 Å². The van der Waals surface area contributed by atoms with Crippen molar-refractivity contribution in [1.29, 1.82) is 0 Å². The number of unbranched alkanes of at least 4 members (excludes halogenated alkanes) is 6. The van der Waals surface area contributed by atoms with Gasteiger partial charge in [-0.05, 0) is 37.9 Å². The van der Waals surface area contributed by atoms with Gasteiger partial charge in [-0.15, -0.1) is 0 Å². The van der Waals surface area contributed by atoms with Gasteiger partial charge < -0.3 is 9.47 Å². The summed E-state index contributed by atoms with van der Waals surface area (Å²) in [5, 5.41) is 0.503. The van der Waals surface area contributed by atoms with E-state index < -0.39 is 0 Å². The van der Waals surface area contributed by atoms with Crippen LogP contribution in [-0.2, 0) is 0 Å². The second-order valence-electron chi connectivity index (χ2n) is 9.09. The summed E-state index contributed by atoms with van der Waals surface area (Å²) in [6.45, 7) is 7.08. The molecule has 1 aliphatic carbocycles. The normalized spacial score (nSPS) is 17.7. The quantitative estimate of drug-likeness (QED) is 0.492. The van der Waals surface area contributed by atoms with Gasteiger partial charge in [0.1, 0.15) is 5.82 Å². The van der Waals surface area contributed by atoms with Crippen LogP contribution in [0, 0.1) is 5.82 Å². The van der Waals surface area contributed by atoms with E-state index in [1.807, 2.05) is 12.3 Å². The Morgan fingerprint density at radius 2 is 1.67 bits per heavy atom. The van der Waals surface area contributed by atoms with Crippen LogP contribution in [0.15, 0.2) is 29.2 Å². The fraction of sp³-hybridized carbons (Fsp3) is 0.640. The van der Waals surface area contributed by atoms with Crippen LogP contribution in [0.4, 0.5) is 10.1 Å². The maximum Gasteiger partial charge on any atom is 0.189 e. The van der Waals surface area contributed by atoms with E-state index in [0.717, 1.165) is 51.1 Å². The third kappa shape index (κ3) is 5.05. The number of fused-ring (bicyclic) bond motifs is 1. The fourth-order valence-corrected chi connectivity index (χ4v) is 4.70. The van der Waals surface area contributed by atoms with E-state index in [4.69, 9.17) is 0 Å². The number of anilines is 1. The van der Waals surface area contributed by atoms with Crippen molar-refractivity contribution in [2.45, 2.75) is 70.8 Å². The molecule has 1 aromatic heterocycles. The van der Waals surface area contributed by atoms with Crippen LogP contribution in [-0.4, -0.2) is 42.2 Å². The average molecular weight is 414 g/mol. The lowest BCUT2D eigenvalue weighted by atomic mass is 10.1. The smallest absolute Gasteiger partial charge is 0.189 e. The Balaban J connectivity index is 1.34. The van der Waals surface area contributed by atoms with Crippen molar-refractivity contribution >= 4 is 16.6 Å². The van der Waals surface area contributed by atoms with Crippen molar-refractivity contribution in [1.82, 2.24) is 9.47 Å². The summed E-state index contributed by atoms with van der Waals surface area (Å²) in [5.41, 5.74) is 1.44. The topological polar surface area (TPSA) is 28.5 Å². The third-order valence-corrected chi connectivity index (χ3v) is 6.73. The molecule has 1 saturated carbocycles. The van der Waals surface area contributed by atoms with Crippen molar-refractivity contribution in [2.24, 2.45) is 0 Å². The molecule has 2 heterocycles. The van der Waals surface area contributed by atoms with Gasteiger partial charge in [-0.25, -0.2) is 4.39 Å². The molecule has 2 aliphatic rings. The Morgan fingerprint density at radius 1 is 0.967 bits per heavy atom. The largest absolute Gasteiger partial charge is 0.367 e. The maximum atomic E-state index is 14.9. The molecular formula is C25H36FN3O. The van der Waals surface area contributed by atoms with E-state index in [1.165, 1.54) is 51.0 Å². The molecule has 1 saturated heterocycles. The zero-order valence-corrected chi connectivity index (χ0v) is 18.4. The lowest BCUT2D eigenvalue weighted by molar-refractivity contribution is 0.251. The van der Waals surface area contributed by atoms with Crippen molar-refractivity contribution in [3.8, 4) is 0 Å². The zero-order chi connectivity index (χ0) is 20.9. The number of pyridine rings is 1. The van der Waals surface area contributed by atoms with Crippen molar-refractivity contribution in [3.05, 3.63) is 40.4 Å². The number of hydrogen-bond acceptors (Lipinski definition) is 3. The van der Waals surface area contributed by atoms with E-state index >= 15 is 0 Å². The Bertz CT molecular complexity index is 897. The van der Waals surface area contributed by atoms with Crippen LogP contribution in [0.3, 0.4) is 0 Å². The summed E-state index contributed by atoms with van der Waals surface area (Å²) in [6.07, 6.45) is 13.5. The van der Waals surface area contributed by atoms with E-state index in [9.17, 15) is 9.18 Å². The van der Waals surface area contributed by atoms with Gasteiger partial charge >= 0.3 is 0 Å². The molecular weight excluding hydrogens is 377 g/mol. The summed E-state index contributed by atoms with van der Waals surface area (Å²) < 4.78 is 17.1. The molecule has 0 radical (unpaired) electrons. The number of piperazine rings is 1. The summed E-state index contributed by atoms with van der Waals surface area (Å²) in [4.78, 5) is 16.9. The molecule has 2 fully saturated rings. The molecule has 0 amide bonds. The van der Waals surface area contributed by atoms with Crippen molar-refractivity contribution in [3.63, 3.8) is 0 Å². The molecule has 2 aromatic rings. The lowest BCUT2D eigenvalue weighted by Gasteiger charge is -2.36. The number of nitrogens with zero attached hydrogens (tertiary/aromatic N) is 3. The molecule has 4 rings (SSSR count). The van der Waals surface area contributed by atoms with Gasteiger partial charge in [0.15, 0.2) is 5.43 Å². The SMILES string of the molecule is CCCCCCCCCN1CCN(c2cc3c(cc2F)c(=O)ccn3C2CC2)CC1. The molecule has 1 aliphatic heterocycles. The predicted molar refractivity (Wildman–Crippen MR) is 123 cm³/mol. The first-order valence-corrected chi connectivity index (χ1v) is 12.0. The Morgan fingerprint density at radius 3 is 2.37 bits per heavy atom. The first-order valence-electron chi connectivity index (χ1n) is 12.0. The molecule has 0 unspecified atom stereocenters. The van der Waals surface area contributed by atoms with Gasteiger partial charge in [-0.2, -0.15) is 0 Å². The zero-order valence-electron chi connectivity index (χ0n) is 18.4. The van der Waals surface area contributed by atoms with Gasteiger partial charge in [-0.1, -0.05) is 45.4 Å². The Hall–Kier alpha value is -1.88. The summed E-state index contributed by atoms with van der Waals surface area (Å²) in [5.74, 6) is -0.270. The highest BCUT2D eigenvalue weighted by Crippen LogP contribution is 2.37. The van der Waals surface area contributed by atoms with E-state index in [-0.39, 0.29) is 11.2 Å². The molecule has 164 valence electrons. The van der Waals surface area contributed by atoms with Crippen molar-refractivity contribution in [2.75, 3.05) is 37.6 Å². The molecule has 30 heavy (non-hydrogen) atoms. The number of hydrogen-bond donors (Lipinski definition) is 0. The molecule has 1 aromatic carbocycles. The summed E-state index contributed by atoms with van der Waals surface area (Å²) in [7, 11) is 0. The molecule has 0 atom stereocenters. The van der Waals surface area contributed by atoms with Crippen LogP contribution >= 0.6 is 0 Å². The predicted octanol–water partition coefficient (Wildman–Crippen LogP) is 5.35. The van der Waals surface area contributed by atoms with Crippen LogP contribution in [0.1, 0.15) is 70.8 Å². The molecule has 0 N–H and O–H groups in total. The van der Waals surface area contributed by atoms with Crippen molar-refractivity contribution < 1.29 is 4.39 Å². The standard InChI is InChI=1S/C25H36FN3O/c1-2-3-4-5-6-7-8-12-27-14-16-28(17-15-27)24-19-23-21(18-22(24)26)25(30)11-13-29(23)20-9-10-20/h11,13,18-20H,2-10,12,14-17H2,1H3. The monoisotopic (exact) mass is 413 g/mol. The minimum absolute atomic E-state index is 0.0909. The van der Waals surface area contributed by atoms with E-state index in [1.54, 1.807) is 6.07 Å². The highest BCUT2D eigenvalue weighted by atomic mass is 19.1. The van der Waals surface area contributed by atoms with Crippen LogP contribution < -0.4 is 10.3 Å². The van der Waals surface area contributed by atoms with Crippen LogP contribution in [0.2, 0.25) is 0 Å². The first kappa shape index (κ1) is 21.4.